The van der Waals surface area contributed by atoms with Gasteiger partial charge in [-0.05, 0) is 18.2 Å². The van der Waals surface area contributed by atoms with Crippen molar-refractivity contribution >= 4 is 16.9 Å². The first kappa shape index (κ1) is 12.4. The SMILES string of the molecule is COCc1cnc(-c2n[nH]c3ccc(C(=O)O)cc23)[nH]1. The molecule has 0 aliphatic carbocycles. The highest BCUT2D eigenvalue weighted by molar-refractivity contribution is 5.98. The van der Waals surface area contributed by atoms with Crippen molar-refractivity contribution in [2.75, 3.05) is 7.11 Å². The Hall–Kier alpha value is -2.67. The van der Waals surface area contributed by atoms with Gasteiger partial charge in [0.15, 0.2) is 5.82 Å². The van der Waals surface area contributed by atoms with Crippen molar-refractivity contribution in [2.24, 2.45) is 0 Å². The Morgan fingerprint density at radius 3 is 3.05 bits per heavy atom. The van der Waals surface area contributed by atoms with Crippen molar-refractivity contribution in [1.82, 2.24) is 20.2 Å². The fourth-order valence-corrected chi connectivity index (χ4v) is 2.04. The molecule has 0 saturated carbocycles. The molecule has 102 valence electrons. The van der Waals surface area contributed by atoms with Crippen LogP contribution < -0.4 is 0 Å². The van der Waals surface area contributed by atoms with Gasteiger partial charge in [0.05, 0.1) is 29.6 Å². The number of carbonyl (C=O) groups is 1. The molecule has 7 heteroatoms. The third-order valence-electron chi connectivity index (χ3n) is 2.96. The quantitative estimate of drug-likeness (QED) is 0.671. The molecule has 3 N–H and O–H groups in total. The summed E-state index contributed by atoms with van der Waals surface area (Å²) >= 11 is 0. The summed E-state index contributed by atoms with van der Waals surface area (Å²) in [5.41, 5.74) is 2.39. The first-order valence-corrected chi connectivity index (χ1v) is 5.93. The number of hydrogen-bond donors (Lipinski definition) is 3. The number of carboxylic acid groups (broad SMARTS) is 1. The van der Waals surface area contributed by atoms with Crippen molar-refractivity contribution in [2.45, 2.75) is 6.61 Å². The second-order valence-corrected chi connectivity index (χ2v) is 4.33. The topological polar surface area (TPSA) is 104 Å². The number of aromatic nitrogens is 4. The maximum Gasteiger partial charge on any atom is 0.335 e. The van der Waals surface area contributed by atoms with Crippen LogP contribution in [0.25, 0.3) is 22.4 Å². The van der Waals surface area contributed by atoms with Crippen molar-refractivity contribution in [3.8, 4) is 11.5 Å². The van der Waals surface area contributed by atoms with Crippen molar-refractivity contribution in [3.63, 3.8) is 0 Å². The standard InChI is InChI=1S/C13H12N4O3/c1-20-6-8-5-14-12(15-8)11-9-4-7(13(18)19)2-3-10(9)16-17-11/h2-5H,6H2,1H3,(H,14,15)(H,16,17)(H,18,19). The summed E-state index contributed by atoms with van der Waals surface area (Å²) in [5.74, 6) is -0.399. The molecule has 0 unspecified atom stereocenters. The number of carboxylic acids is 1. The molecular weight excluding hydrogens is 260 g/mol. The van der Waals surface area contributed by atoms with E-state index in [1.54, 1.807) is 25.4 Å². The molecule has 7 nitrogen and oxygen atoms in total. The number of aromatic amines is 2. The fraction of sp³-hybridized carbons (Fsp3) is 0.154. The van der Waals surface area contributed by atoms with Crippen LogP contribution in [0, 0.1) is 0 Å². The zero-order valence-corrected chi connectivity index (χ0v) is 10.7. The molecule has 1 aromatic carbocycles. The summed E-state index contributed by atoms with van der Waals surface area (Å²) in [5, 5.41) is 16.8. The predicted molar refractivity (Wildman–Crippen MR) is 71.3 cm³/mol. The van der Waals surface area contributed by atoms with Gasteiger partial charge in [0, 0.05) is 12.5 Å². The lowest BCUT2D eigenvalue weighted by atomic mass is 10.1. The highest BCUT2D eigenvalue weighted by Crippen LogP contribution is 2.25. The number of nitrogens with zero attached hydrogens (tertiary/aromatic N) is 2. The van der Waals surface area contributed by atoms with Gasteiger partial charge in [-0.1, -0.05) is 0 Å². The number of benzene rings is 1. The fourth-order valence-electron chi connectivity index (χ4n) is 2.04. The first-order valence-electron chi connectivity index (χ1n) is 5.93. The lowest BCUT2D eigenvalue weighted by molar-refractivity contribution is 0.0697. The van der Waals surface area contributed by atoms with E-state index in [0.29, 0.717) is 23.5 Å². The van der Waals surface area contributed by atoms with E-state index < -0.39 is 5.97 Å². The maximum absolute atomic E-state index is 11.0. The van der Waals surface area contributed by atoms with E-state index in [1.807, 2.05) is 0 Å². The summed E-state index contributed by atoms with van der Waals surface area (Å²) in [6, 6.07) is 4.80. The van der Waals surface area contributed by atoms with E-state index in [0.717, 1.165) is 11.2 Å². The van der Waals surface area contributed by atoms with Gasteiger partial charge in [-0.3, -0.25) is 5.10 Å². The van der Waals surface area contributed by atoms with Gasteiger partial charge in [0.2, 0.25) is 0 Å². The molecule has 0 aliphatic heterocycles. The average molecular weight is 272 g/mol. The van der Waals surface area contributed by atoms with Crippen LogP contribution in [0.15, 0.2) is 24.4 Å². The van der Waals surface area contributed by atoms with E-state index >= 15 is 0 Å². The molecule has 3 aromatic rings. The second kappa shape index (κ2) is 4.78. The van der Waals surface area contributed by atoms with Crippen LogP contribution in [-0.4, -0.2) is 38.4 Å². The largest absolute Gasteiger partial charge is 0.478 e. The molecule has 3 rings (SSSR count). The Morgan fingerprint density at radius 1 is 1.45 bits per heavy atom. The third-order valence-corrected chi connectivity index (χ3v) is 2.96. The molecule has 0 saturated heterocycles. The van der Waals surface area contributed by atoms with Crippen molar-refractivity contribution in [1.29, 1.82) is 0 Å². The van der Waals surface area contributed by atoms with Crippen LogP contribution in [-0.2, 0) is 11.3 Å². The molecule has 0 aliphatic rings. The number of aromatic carboxylic acids is 1. The number of rotatable bonds is 4. The lowest BCUT2D eigenvalue weighted by Crippen LogP contribution is -1.95. The monoisotopic (exact) mass is 272 g/mol. The number of hydrogen-bond acceptors (Lipinski definition) is 4. The van der Waals surface area contributed by atoms with Gasteiger partial charge < -0.3 is 14.8 Å². The Kier molecular flexibility index (Phi) is 2.96. The predicted octanol–water partition coefficient (Wildman–Crippen LogP) is 1.80. The molecular formula is C13H12N4O3. The normalized spacial score (nSPS) is 11.1. The van der Waals surface area contributed by atoms with Gasteiger partial charge >= 0.3 is 5.97 Å². The maximum atomic E-state index is 11.0. The molecule has 0 fully saturated rings. The minimum Gasteiger partial charge on any atom is -0.478 e. The minimum atomic E-state index is -0.974. The highest BCUT2D eigenvalue weighted by atomic mass is 16.5. The molecule has 2 heterocycles. The van der Waals surface area contributed by atoms with Crippen LogP contribution in [0.3, 0.4) is 0 Å². The molecule has 0 radical (unpaired) electrons. The number of ether oxygens (including phenoxy) is 1. The van der Waals surface area contributed by atoms with Crippen molar-refractivity contribution in [3.05, 3.63) is 35.7 Å². The number of fused-ring (bicyclic) bond motifs is 1. The van der Waals surface area contributed by atoms with Gasteiger partial charge in [-0.2, -0.15) is 5.10 Å². The average Bonchev–Trinajstić information content (AvgIpc) is 3.04. The molecule has 0 spiro atoms. The van der Waals surface area contributed by atoms with E-state index in [-0.39, 0.29) is 5.56 Å². The summed E-state index contributed by atoms with van der Waals surface area (Å²) in [7, 11) is 1.60. The van der Waals surface area contributed by atoms with Gasteiger partial charge in [-0.15, -0.1) is 0 Å². The van der Waals surface area contributed by atoms with Gasteiger partial charge in [0.25, 0.3) is 0 Å². The van der Waals surface area contributed by atoms with E-state index in [4.69, 9.17) is 9.84 Å². The second-order valence-electron chi connectivity index (χ2n) is 4.33. The van der Waals surface area contributed by atoms with Crippen LogP contribution >= 0.6 is 0 Å². The Balaban J connectivity index is 2.10. The van der Waals surface area contributed by atoms with Crippen LogP contribution in [0.2, 0.25) is 0 Å². The number of methoxy groups -OCH3 is 1. The summed E-state index contributed by atoms with van der Waals surface area (Å²) in [4.78, 5) is 18.4. The number of imidazole rings is 1. The summed E-state index contributed by atoms with van der Waals surface area (Å²) < 4.78 is 5.02. The van der Waals surface area contributed by atoms with E-state index in [2.05, 4.69) is 20.2 Å². The van der Waals surface area contributed by atoms with Crippen LogP contribution in [0.4, 0.5) is 0 Å². The number of H-pyrrole nitrogens is 2. The zero-order valence-electron chi connectivity index (χ0n) is 10.7. The molecule has 0 amide bonds. The zero-order chi connectivity index (χ0) is 14.1. The lowest BCUT2D eigenvalue weighted by Gasteiger charge is -1.96. The molecule has 20 heavy (non-hydrogen) atoms. The Labute approximate surface area is 113 Å². The van der Waals surface area contributed by atoms with E-state index in [1.165, 1.54) is 6.07 Å². The molecule has 2 aromatic heterocycles. The van der Waals surface area contributed by atoms with Crippen LogP contribution in [0.5, 0.6) is 0 Å². The van der Waals surface area contributed by atoms with Crippen molar-refractivity contribution < 1.29 is 14.6 Å². The van der Waals surface area contributed by atoms with E-state index in [9.17, 15) is 4.79 Å². The Morgan fingerprint density at radius 2 is 2.30 bits per heavy atom. The smallest absolute Gasteiger partial charge is 0.335 e. The Bertz CT molecular complexity index is 775. The summed E-state index contributed by atoms with van der Waals surface area (Å²) in [6.45, 7) is 0.426. The first-order chi connectivity index (χ1) is 9.69. The van der Waals surface area contributed by atoms with Gasteiger partial charge in [-0.25, -0.2) is 9.78 Å². The number of nitrogens with one attached hydrogen (secondary N) is 2. The van der Waals surface area contributed by atoms with Crippen LogP contribution in [0.1, 0.15) is 16.1 Å². The third kappa shape index (κ3) is 2.04. The summed E-state index contributed by atoms with van der Waals surface area (Å²) in [6.07, 6.45) is 1.67. The molecule has 0 atom stereocenters. The molecule has 0 bridgehead atoms. The minimum absolute atomic E-state index is 0.212. The van der Waals surface area contributed by atoms with Gasteiger partial charge in [0.1, 0.15) is 5.69 Å². The highest BCUT2D eigenvalue weighted by Gasteiger charge is 2.13.